The molecule has 3 rings (SSSR count). The summed E-state index contributed by atoms with van der Waals surface area (Å²) in [5.74, 6) is -0.0226. The van der Waals surface area contributed by atoms with E-state index in [1.807, 2.05) is 6.07 Å². The van der Waals surface area contributed by atoms with Gasteiger partial charge in [0.1, 0.15) is 11.4 Å². The van der Waals surface area contributed by atoms with Crippen LogP contribution >= 0.6 is 0 Å². The molecule has 2 aromatic heterocycles. The van der Waals surface area contributed by atoms with Crippen molar-refractivity contribution in [1.29, 1.82) is 0 Å². The summed E-state index contributed by atoms with van der Waals surface area (Å²) >= 11 is 0. The van der Waals surface area contributed by atoms with Crippen LogP contribution < -0.4 is 10.1 Å². The average Bonchev–Trinajstić information content (AvgIpc) is 2.70. The zero-order valence-corrected chi connectivity index (χ0v) is 16.0. The van der Waals surface area contributed by atoms with Gasteiger partial charge in [-0.1, -0.05) is 19.9 Å². The van der Waals surface area contributed by atoms with Crippen LogP contribution in [0.4, 0.5) is 5.69 Å². The highest BCUT2D eigenvalue weighted by molar-refractivity contribution is 6.04. The molecule has 6 nitrogen and oxygen atoms in total. The summed E-state index contributed by atoms with van der Waals surface area (Å²) in [7, 11) is 0. The lowest BCUT2D eigenvalue weighted by Crippen LogP contribution is -2.13. The van der Waals surface area contributed by atoms with Crippen LogP contribution in [0, 0.1) is 6.92 Å². The largest absolute Gasteiger partial charge is 0.422 e. The zero-order chi connectivity index (χ0) is 20.1. The number of amides is 1. The van der Waals surface area contributed by atoms with Gasteiger partial charge in [-0.15, -0.1) is 0 Å². The Kier molecular flexibility index (Phi) is 5.79. The van der Waals surface area contributed by atoms with Crippen LogP contribution in [0.5, 0.6) is 5.75 Å². The summed E-state index contributed by atoms with van der Waals surface area (Å²) in [6, 6.07) is 12.0. The lowest BCUT2D eigenvalue weighted by atomic mass is 10.1. The summed E-state index contributed by atoms with van der Waals surface area (Å²) in [5, 5.41) is 2.80. The summed E-state index contributed by atoms with van der Waals surface area (Å²) in [5.41, 5.74) is 3.09. The first-order valence-corrected chi connectivity index (χ1v) is 8.94. The number of hydrogen-bond donors (Lipinski definition) is 1. The van der Waals surface area contributed by atoms with E-state index in [1.165, 1.54) is 6.20 Å². The van der Waals surface area contributed by atoms with Crippen LogP contribution in [0.1, 0.15) is 51.7 Å². The van der Waals surface area contributed by atoms with Crippen LogP contribution in [0.2, 0.25) is 0 Å². The summed E-state index contributed by atoms with van der Waals surface area (Å²) < 4.78 is 5.45. The molecule has 0 unspecified atom stereocenters. The van der Waals surface area contributed by atoms with E-state index >= 15 is 0 Å². The fourth-order valence-electron chi connectivity index (χ4n) is 2.56. The van der Waals surface area contributed by atoms with E-state index in [2.05, 4.69) is 29.1 Å². The van der Waals surface area contributed by atoms with Gasteiger partial charge in [0.2, 0.25) is 0 Å². The minimum Gasteiger partial charge on any atom is -0.422 e. The Balaban J connectivity index is 1.68. The van der Waals surface area contributed by atoms with E-state index in [9.17, 15) is 9.59 Å². The van der Waals surface area contributed by atoms with Crippen molar-refractivity contribution in [1.82, 2.24) is 9.97 Å². The van der Waals surface area contributed by atoms with Crippen molar-refractivity contribution in [2.45, 2.75) is 26.7 Å². The maximum Gasteiger partial charge on any atom is 0.362 e. The van der Waals surface area contributed by atoms with Crippen molar-refractivity contribution in [2.75, 3.05) is 5.32 Å². The minimum atomic E-state index is -0.523. The van der Waals surface area contributed by atoms with Crippen LogP contribution in [0.25, 0.3) is 0 Å². The summed E-state index contributed by atoms with van der Waals surface area (Å²) in [4.78, 5) is 32.6. The highest BCUT2D eigenvalue weighted by Crippen LogP contribution is 2.23. The lowest BCUT2D eigenvalue weighted by molar-refractivity contribution is 0.0727. The number of carbonyl (C=O) groups excluding carboxylic acids is 2. The molecule has 0 atom stereocenters. The van der Waals surface area contributed by atoms with Crippen molar-refractivity contribution < 1.29 is 14.3 Å². The molecule has 2 heterocycles. The predicted octanol–water partition coefficient (Wildman–Crippen LogP) is 4.38. The Bertz CT molecular complexity index is 984. The molecule has 0 aliphatic rings. The number of aromatic nitrogens is 2. The van der Waals surface area contributed by atoms with E-state index in [-0.39, 0.29) is 11.6 Å². The molecule has 0 radical (unpaired) electrons. The monoisotopic (exact) mass is 375 g/mol. The van der Waals surface area contributed by atoms with Gasteiger partial charge >= 0.3 is 5.97 Å². The highest BCUT2D eigenvalue weighted by atomic mass is 16.5. The number of aryl methyl sites for hydroxylation is 1. The number of nitrogens with one attached hydrogen (secondary N) is 1. The normalized spacial score (nSPS) is 10.6. The number of rotatable bonds is 5. The number of carbonyl (C=O) groups is 2. The third-order valence-corrected chi connectivity index (χ3v) is 4.22. The third kappa shape index (κ3) is 4.59. The topological polar surface area (TPSA) is 81.2 Å². The molecule has 6 heteroatoms. The van der Waals surface area contributed by atoms with Crippen molar-refractivity contribution in [3.8, 4) is 5.75 Å². The molecule has 0 spiro atoms. The molecular formula is C22H21N3O3. The Morgan fingerprint density at radius 2 is 1.89 bits per heavy atom. The molecule has 0 bridgehead atoms. The van der Waals surface area contributed by atoms with Crippen molar-refractivity contribution in [2.24, 2.45) is 0 Å². The summed E-state index contributed by atoms with van der Waals surface area (Å²) in [6.45, 7) is 5.93. The number of benzene rings is 1. The Morgan fingerprint density at radius 3 is 2.50 bits per heavy atom. The van der Waals surface area contributed by atoms with Gasteiger partial charge in [-0.3, -0.25) is 9.78 Å². The Morgan fingerprint density at radius 1 is 1.07 bits per heavy atom. The molecule has 0 aliphatic carbocycles. The first kappa shape index (κ1) is 19.2. The maximum atomic E-state index is 12.3. The first-order valence-electron chi connectivity index (χ1n) is 8.94. The quantitative estimate of drug-likeness (QED) is 0.529. The van der Waals surface area contributed by atoms with Gasteiger partial charge in [0.25, 0.3) is 5.91 Å². The molecule has 3 aromatic rings. The van der Waals surface area contributed by atoms with Gasteiger partial charge in [0, 0.05) is 24.3 Å². The molecule has 1 aromatic carbocycles. The molecule has 1 amide bonds. The minimum absolute atomic E-state index is 0.248. The number of ether oxygens (including phenoxy) is 1. The standard InChI is InChI=1S/C22H21N3O3/c1-14(2)16-6-8-19(24-13-16)22(27)28-20-9-7-18(11-15(20)3)25-21(26)17-5-4-10-23-12-17/h4-14H,1-3H3,(H,25,26). The fraction of sp³-hybridized carbons (Fsp3) is 0.182. The zero-order valence-electron chi connectivity index (χ0n) is 16.0. The molecular weight excluding hydrogens is 354 g/mol. The van der Waals surface area contributed by atoms with Gasteiger partial charge in [-0.25, -0.2) is 9.78 Å². The second-order valence-corrected chi connectivity index (χ2v) is 6.70. The maximum absolute atomic E-state index is 12.3. The van der Waals surface area contributed by atoms with Crippen LogP contribution in [0.15, 0.2) is 61.1 Å². The van der Waals surface area contributed by atoms with Gasteiger partial charge in [0.15, 0.2) is 0 Å². The smallest absolute Gasteiger partial charge is 0.362 e. The number of esters is 1. The van der Waals surface area contributed by atoms with Crippen LogP contribution in [0.3, 0.4) is 0 Å². The van der Waals surface area contributed by atoms with E-state index in [0.717, 1.165) is 11.1 Å². The van der Waals surface area contributed by atoms with Gasteiger partial charge in [0.05, 0.1) is 5.56 Å². The number of anilines is 1. The number of nitrogens with zero attached hydrogens (tertiary/aromatic N) is 2. The second-order valence-electron chi connectivity index (χ2n) is 6.70. The third-order valence-electron chi connectivity index (χ3n) is 4.22. The SMILES string of the molecule is Cc1cc(NC(=O)c2cccnc2)ccc1OC(=O)c1ccc(C(C)C)cn1. The molecule has 142 valence electrons. The average molecular weight is 375 g/mol. The van der Waals surface area contributed by atoms with Crippen molar-refractivity contribution in [3.05, 3.63) is 83.4 Å². The highest BCUT2D eigenvalue weighted by Gasteiger charge is 2.13. The van der Waals surface area contributed by atoms with Crippen LogP contribution in [-0.4, -0.2) is 21.8 Å². The molecule has 1 N–H and O–H groups in total. The predicted molar refractivity (Wildman–Crippen MR) is 107 cm³/mol. The molecule has 0 fully saturated rings. The van der Waals surface area contributed by atoms with Crippen molar-refractivity contribution >= 4 is 17.6 Å². The van der Waals surface area contributed by atoms with E-state index < -0.39 is 5.97 Å². The lowest BCUT2D eigenvalue weighted by Gasteiger charge is -2.11. The first-order chi connectivity index (χ1) is 13.4. The molecule has 0 saturated carbocycles. The van der Waals surface area contributed by atoms with Crippen molar-refractivity contribution in [3.63, 3.8) is 0 Å². The Labute approximate surface area is 163 Å². The van der Waals surface area contributed by atoms with Gasteiger partial charge < -0.3 is 10.1 Å². The van der Waals surface area contributed by atoms with E-state index in [0.29, 0.717) is 22.9 Å². The molecule has 0 saturated heterocycles. The number of hydrogen-bond acceptors (Lipinski definition) is 5. The van der Waals surface area contributed by atoms with Gasteiger partial charge in [-0.05, 0) is 60.4 Å². The number of pyridine rings is 2. The fourth-order valence-corrected chi connectivity index (χ4v) is 2.56. The summed E-state index contributed by atoms with van der Waals surface area (Å²) in [6.07, 6.45) is 4.79. The molecule has 28 heavy (non-hydrogen) atoms. The Hall–Kier alpha value is -3.54. The second kappa shape index (κ2) is 8.43. The van der Waals surface area contributed by atoms with Crippen LogP contribution in [-0.2, 0) is 0 Å². The van der Waals surface area contributed by atoms with E-state index in [4.69, 9.17) is 4.74 Å². The molecule has 0 aliphatic heterocycles. The van der Waals surface area contributed by atoms with E-state index in [1.54, 1.807) is 55.7 Å². The van der Waals surface area contributed by atoms with Gasteiger partial charge in [-0.2, -0.15) is 0 Å².